The van der Waals surface area contributed by atoms with E-state index in [-0.39, 0.29) is 4.90 Å². The van der Waals surface area contributed by atoms with Crippen LogP contribution >= 0.6 is 0 Å². The van der Waals surface area contributed by atoms with Gasteiger partial charge in [-0.15, -0.1) is 0 Å². The average Bonchev–Trinajstić information content (AvgIpc) is 2.50. The van der Waals surface area contributed by atoms with Gasteiger partial charge in [-0.05, 0) is 6.92 Å². The molecule has 1 aromatic rings. The first kappa shape index (κ1) is 10.2. The van der Waals surface area contributed by atoms with Crippen molar-refractivity contribution in [3.05, 3.63) is 11.9 Å². The molecule has 0 unspecified atom stereocenters. The third kappa shape index (κ3) is 1.71. The fraction of sp³-hybridized carbons (Fsp3) is 0.500. The number of nitrogens with one attached hydrogen (secondary N) is 1. The van der Waals surface area contributed by atoms with Crippen LogP contribution in [0.3, 0.4) is 0 Å². The molecule has 0 radical (unpaired) electrons. The van der Waals surface area contributed by atoms with Gasteiger partial charge in [0.15, 0.2) is 0 Å². The highest BCUT2D eigenvalue weighted by Crippen LogP contribution is 2.15. The van der Waals surface area contributed by atoms with Crippen molar-refractivity contribution in [3.8, 4) is 0 Å². The first-order valence-corrected chi connectivity index (χ1v) is 4.97. The van der Waals surface area contributed by atoms with Crippen LogP contribution in [0.5, 0.6) is 0 Å². The lowest BCUT2D eigenvalue weighted by Gasteiger charge is -2.12. The van der Waals surface area contributed by atoms with Crippen LogP contribution in [0.25, 0.3) is 0 Å². The Labute approximate surface area is 76.5 Å². The molecular weight excluding hydrogens is 194 g/mol. The predicted octanol–water partition coefficient (Wildman–Crippen LogP) is -0.1000. The van der Waals surface area contributed by atoms with Gasteiger partial charge in [-0.25, -0.2) is 8.42 Å². The van der Waals surface area contributed by atoms with Crippen molar-refractivity contribution in [3.63, 3.8) is 0 Å². The maximum atomic E-state index is 11.6. The lowest BCUT2D eigenvalue weighted by molar-refractivity contribution is -0.0258. The number of rotatable bonds is 3. The number of aromatic amines is 1. The fourth-order valence-electron chi connectivity index (χ4n) is 0.836. The Kier molecular flexibility index (Phi) is 2.69. The summed E-state index contributed by atoms with van der Waals surface area (Å²) in [6, 6.07) is 0. The third-order valence-corrected chi connectivity index (χ3v) is 3.45. The van der Waals surface area contributed by atoms with E-state index in [1.807, 2.05) is 0 Å². The molecule has 74 valence electrons. The fourth-order valence-corrected chi connectivity index (χ4v) is 1.93. The van der Waals surface area contributed by atoms with E-state index in [1.165, 1.54) is 20.4 Å². The van der Waals surface area contributed by atoms with Gasteiger partial charge in [0, 0.05) is 7.05 Å². The SMILES string of the molecule is CON(C)S(=O)(=O)c1cn[nH]c1C. The van der Waals surface area contributed by atoms with Crippen LogP contribution in [0.15, 0.2) is 11.1 Å². The Morgan fingerprint density at radius 1 is 1.62 bits per heavy atom. The van der Waals surface area contributed by atoms with Crippen molar-refractivity contribution < 1.29 is 13.3 Å². The molecule has 0 aromatic carbocycles. The van der Waals surface area contributed by atoms with Crippen molar-refractivity contribution in [1.29, 1.82) is 0 Å². The summed E-state index contributed by atoms with van der Waals surface area (Å²) in [6.45, 7) is 1.63. The summed E-state index contributed by atoms with van der Waals surface area (Å²) < 4.78 is 24.0. The quantitative estimate of drug-likeness (QED) is 0.699. The highest BCUT2D eigenvalue weighted by Gasteiger charge is 2.23. The minimum Gasteiger partial charge on any atom is -0.288 e. The van der Waals surface area contributed by atoms with Gasteiger partial charge in [0.2, 0.25) is 0 Å². The van der Waals surface area contributed by atoms with Gasteiger partial charge in [-0.1, -0.05) is 4.47 Å². The van der Waals surface area contributed by atoms with E-state index in [4.69, 9.17) is 0 Å². The van der Waals surface area contributed by atoms with E-state index in [1.54, 1.807) is 6.92 Å². The van der Waals surface area contributed by atoms with Crippen molar-refractivity contribution in [2.75, 3.05) is 14.2 Å². The number of sulfonamides is 1. The van der Waals surface area contributed by atoms with E-state index in [2.05, 4.69) is 15.0 Å². The minimum absolute atomic E-state index is 0.122. The molecule has 7 heteroatoms. The molecule has 0 fully saturated rings. The second-order valence-electron chi connectivity index (χ2n) is 2.46. The molecule has 1 heterocycles. The van der Waals surface area contributed by atoms with Crippen LogP contribution in [0.1, 0.15) is 5.69 Å². The van der Waals surface area contributed by atoms with Crippen molar-refractivity contribution in [1.82, 2.24) is 14.7 Å². The molecule has 13 heavy (non-hydrogen) atoms. The molecule has 1 rings (SSSR count). The highest BCUT2D eigenvalue weighted by molar-refractivity contribution is 7.89. The molecule has 1 N–H and O–H groups in total. The predicted molar refractivity (Wildman–Crippen MR) is 45.3 cm³/mol. The summed E-state index contributed by atoms with van der Waals surface area (Å²) >= 11 is 0. The van der Waals surface area contributed by atoms with Crippen LogP contribution in [0, 0.1) is 6.92 Å². The Morgan fingerprint density at radius 2 is 2.23 bits per heavy atom. The van der Waals surface area contributed by atoms with E-state index >= 15 is 0 Å². The van der Waals surface area contributed by atoms with Gasteiger partial charge in [0.1, 0.15) is 4.90 Å². The second kappa shape index (κ2) is 3.44. The van der Waals surface area contributed by atoms with Crippen molar-refractivity contribution >= 4 is 10.0 Å². The molecule has 6 nitrogen and oxygen atoms in total. The second-order valence-corrected chi connectivity index (χ2v) is 4.36. The largest absolute Gasteiger partial charge is 0.288 e. The van der Waals surface area contributed by atoms with Crippen LogP contribution in [-0.2, 0) is 14.9 Å². The van der Waals surface area contributed by atoms with E-state index in [9.17, 15) is 8.42 Å². The van der Waals surface area contributed by atoms with E-state index in [0.717, 1.165) is 4.47 Å². The maximum absolute atomic E-state index is 11.6. The summed E-state index contributed by atoms with van der Waals surface area (Å²) in [4.78, 5) is 4.72. The van der Waals surface area contributed by atoms with Gasteiger partial charge in [-0.3, -0.25) is 9.94 Å². The topological polar surface area (TPSA) is 75.3 Å². The van der Waals surface area contributed by atoms with Gasteiger partial charge < -0.3 is 0 Å². The van der Waals surface area contributed by atoms with Crippen LogP contribution < -0.4 is 0 Å². The molecule has 0 atom stereocenters. The normalized spacial score (nSPS) is 12.3. The first-order valence-electron chi connectivity index (χ1n) is 3.53. The third-order valence-electron chi connectivity index (χ3n) is 1.66. The summed E-state index contributed by atoms with van der Waals surface area (Å²) in [6.07, 6.45) is 1.25. The van der Waals surface area contributed by atoms with Gasteiger partial charge >= 0.3 is 0 Å². The number of hydrogen-bond donors (Lipinski definition) is 1. The van der Waals surface area contributed by atoms with Crippen LogP contribution in [-0.4, -0.2) is 37.2 Å². The number of hydroxylamine groups is 1. The van der Waals surface area contributed by atoms with E-state index in [0.29, 0.717) is 5.69 Å². The molecule has 0 spiro atoms. The monoisotopic (exact) mass is 205 g/mol. The molecule has 0 amide bonds. The lowest BCUT2D eigenvalue weighted by Crippen LogP contribution is -2.25. The summed E-state index contributed by atoms with van der Waals surface area (Å²) in [7, 11) is -0.953. The number of aromatic nitrogens is 2. The minimum atomic E-state index is -3.56. The van der Waals surface area contributed by atoms with E-state index < -0.39 is 10.0 Å². The summed E-state index contributed by atoms with van der Waals surface area (Å²) in [5.74, 6) is 0. The number of H-pyrrole nitrogens is 1. The number of aryl methyl sites for hydroxylation is 1. The van der Waals surface area contributed by atoms with Crippen molar-refractivity contribution in [2.24, 2.45) is 0 Å². The van der Waals surface area contributed by atoms with Gasteiger partial charge in [0.05, 0.1) is 19.0 Å². The Hall–Kier alpha value is -0.920. The molecule has 1 aromatic heterocycles. The van der Waals surface area contributed by atoms with Crippen molar-refractivity contribution in [2.45, 2.75) is 11.8 Å². The average molecular weight is 205 g/mol. The number of hydrogen-bond acceptors (Lipinski definition) is 4. The zero-order valence-electron chi connectivity index (χ0n) is 7.60. The highest BCUT2D eigenvalue weighted by atomic mass is 32.2. The smallest absolute Gasteiger partial charge is 0.268 e. The zero-order chi connectivity index (χ0) is 10.1. The number of nitrogens with zero attached hydrogens (tertiary/aromatic N) is 2. The first-order chi connectivity index (χ1) is 6.00. The molecule has 0 saturated heterocycles. The van der Waals surface area contributed by atoms with Gasteiger partial charge in [-0.2, -0.15) is 5.10 Å². The molecule has 0 aliphatic rings. The Balaban J connectivity index is 3.16. The lowest BCUT2D eigenvalue weighted by atomic mass is 10.5. The summed E-state index contributed by atoms with van der Waals surface area (Å²) in [5.41, 5.74) is 0.490. The molecular formula is C6H11N3O3S. The Morgan fingerprint density at radius 3 is 2.62 bits per heavy atom. The molecule has 0 saturated carbocycles. The standard InChI is InChI=1S/C6H11N3O3S/c1-5-6(4-7-8-5)13(10,11)9(2)12-3/h4H,1-3H3,(H,7,8). The molecule has 0 aliphatic heterocycles. The van der Waals surface area contributed by atoms with Gasteiger partial charge in [0.25, 0.3) is 10.0 Å². The zero-order valence-corrected chi connectivity index (χ0v) is 8.42. The summed E-state index contributed by atoms with van der Waals surface area (Å²) in [5, 5.41) is 6.16. The molecule has 0 bridgehead atoms. The maximum Gasteiger partial charge on any atom is 0.268 e. The Bertz CT molecular complexity index is 384. The van der Waals surface area contributed by atoms with Crippen LogP contribution in [0.4, 0.5) is 0 Å². The van der Waals surface area contributed by atoms with Crippen LogP contribution in [0.2, 0.25) is 0 Å². The molecule has 0 aliphatic carbocycles.